The van der Waals surface area contributed by atoms with Gasteiger partial charge in [0.05, 0.1) is 0 Å². The molecule has 1 amide bonds. The molecule has 0 aliphatic heterocycles. The Balaban J connectivity index is -0.000000282. The Hall–Kier alpha value is 0.586. The second kappa shape index (κ2) is 9.79. The van der Waals surface area contributed by atoms with Crippen molar-refractivity contribution in [1.29, 1.82) is 0 Å². The quantitative estimate of drug-likeness (QED) is 0.691. The van der Waals surface area contributed by atoms with Crippen molar-refractivity contribution in [3.8, 4) is 0 Å². The van der Waals surface area contributed by atoms with Crippen molar-refractivity contribution >= 4 is 40.1 Å². The molecular formula is C11H25MgNOS. The number of thioether (sulfide) groups is 1. The summed E-state index contributed by atoms with van der Waals surface area (Å²) in [4.78, 5) is 13.7. The maximum absolute atomic E-state index is 11.7. The summed E-state index contributed by atoms with van der Waals surface area (Å²) in [6, 6.07) is 0. The topological polar surface area (TPSA) is 20.3 Å². The normalized spacial score (nSPS) is 10.3. The van der Waals surface area contributed by atoms with Crippen LogP contribution < -0.4 is 0 Å². The zero-order valence-electron chi connectivity index (χ0n) is 12.7. The monoisotopic (exact) mass is 243 g/mol. The fraction of sp³-hybridized carbons (Fsp3) is 0.909. The van der Waals surface area contributed by atoms with Gasteiger partial charge in [-0.05, 0) is 17.6 Å². The first-order valence-electron chi connectivity index (χ1n) is 5.39. The Morgan fingerprint density at radius 3 is 1.87 bits per heavy atom. The van der Waals surface area contributed by atoms with E-state index in [9.17, 15) is 4.79 Å². The molecule has 0 spiro atoms. The third kappa shape index (κ3) is 9.51. The number of hydrogen-bond acceptors (Lipinski definition) is 2. The van der Waals surface area contributed by atoms with E-state index >= 15 is 0 Å². The zero-order valence-corrected chi connectivity index (χ0v) is 13.0. The van der Waals surface area contributed by atoms with Gasteiger partial charge in [0.15, 0.2) is 0 Å². The molecule has 15 heavy (non-hydrogen) atoms. The smallest absolute Gasteiger partial charge is 1.00 e. The van der Waals surface area contributed by atoms with E-state index in [-0.39, 0.29) is 31.1 Å². The molecule has 0 saturated heterocycles. The molecule has 0 radical (unpaired) electrons. The summed E-state index contributed by atoms with van der Waals surface area (Å²) >= 11 is 1.41. The first-order chi connectivity index (χ1) is 6.47. The van der Waals surface area contributed by atoms with E-state index in [1.54, 1.807) is 0 Å². The molecular weight excluding hydrogens is 218 g/mol. The summed E-state index contributed by atoms with van der Waals surface area (Å²) in [6.45, 7) is 12.4. The molecule has 88 valence electrons. The van der Waals surface area contributed by atoms with E-state index in [1.807, 2.05) is 11.8 Å². The van der Waals surface area contributed by atoms with E-state index in [4.69, 9.17) is 0 Å². The minimum absolute atomic E-state index is 0. The summed E-state index contributed by atoms with van der Waals surface area (Å²) in [5.74, 6) is 1.97. The second-order valence-corrected chi connectivity index (χ2v) is 5.61. The van der Waals surface area contributed by atoms with E-state index in [2.05, 4.69) is 27.7 Å². The molecule has 0 N–H and O–H groups in total. The second-order valence-electron chi connectivity index (χ2n) is 4.39. The van der Waals surface area contributed by atoms with Gasteiger partial charge in [0.25, 0.3) is 5.24 Å². The summed E-state index contributed by atoms with van der Waals surface area (Å²) < 4.78 is 0. The Morgan fingerprint density at radius 1 is 1.20 bits per heavy atom. The van der Waals surface area contributed by atoms with Crippen molar-refractivity contribution < 1.29 is 7.65 Å². The average Bonchev–Trinajstić information content (AvgIpc) is 2.01. The van der Waals surface area contributed by atoms with Crippen molar-refractivity contribution in [2.45, 2.75) is 34.6 Å². The molecule has 0 aromatic rings. The first kappa shape index (κ1) is 18.0. The van der Waals surface area contributed by atoms with Gasteiger partial charge >= 0.3 is 23.1 Å². The van der Waals surface area contributed by atoms with Gasteiger partial charge in [0.1, 0.15) is 0 Å². The van der Waals surface area contributed by atoms with Gasteiger partial charge in [-0.1, -0.05) is 46.4 Å². The largest absolute Gasteiger partial charge is 2.00 e. The number of hydrogen-bond donors (Lipinski definition) is 0. The first-order valence-corrected chi connectivity index (χ1v) is 6.37. The predicted octanol–water partition coefficient (Wildman–Crippen LogP) is 3.32. The molecule has 0 aliphatic rings. The molecule has 0 rings (SSSR count). The van der Waals surface area contributed by atoms with Crippen molar-refractivity contribution in [2.75, 3.05) is 18.8 Å². The van der Waals surface area contributed by atoms with Crippen LogP contribution in [-0.4, -0.2) is 52.0 Å². The summed E-state index contributed by atoms with van der Waals surface area (Å²) in [6.07, 6.45) is 0. The standard InChI is InChI=1S/C11H23NOS.Mg.2H/c1-6-14-11(13)12(7-9(2)3)8-10(4)5;;;/h9-10H,6-8H2,1-5H3;;;/q;+2;2*-1. The molecule has 0 saturated carbocycles. The molecule has 0 aromatic carbocycles. The minimum Gasteiger partial charge on any atom is -1.00 e. The fourth-order valence-electron chi connectivity index (χ4n) is 1.32. The van der Waals surface area contributed by atoms with E-state index in [1.165, 1.54) is 11.8 Å². The van der Waals surface area contributed by atoms with Gasteiger partial charge in [-0.2, -0.15) is 0 Å². The van der Waals surface area contributed by atoms with Crippen LogP contribution in [-0.2, 0) is 0 Å². The summed E-state index contributed by atoms with van der Waals surface area (Å²) in [7, 11) is 0. The van der Waals surface area contributed by atoms with Crippen LogP contribution in [0.25, 0.3) is 0 Å². The molecule has 0 atom stereocenters. The van der Waals surface area contributed by atoms with Crippen molar-refractivity contribution in [3.05, 3.63) is 0 Å². The van der Waals surface area contributed by atoms with Crippen LogP contribution in [0.1, 0.15) is 37.5 Å². The minimum atomic E-state index is 0. The Morgan fingerprint density at radius 2 is 1.60 bits per heavy atom. The van der Waals surface area contributed by atoms with Gasteiger partial charge in [0, 0.05) is 13.1 Å². The third-order valence-electron chi connectivity index (χ3n) is 1.70. The van der Waals surface area contributed by atoms with Crippen molar-refractivity contribution in [3.63, 3.8) is 0 Å². The van der Waals surface area contributed by atoms with Gasteiger partial charge in [0.2, 0.25) is 0 Å². The summed E-state index contributed by atoms with van der Waals surface area (Å²) in [5, 5.41) is 0.231. The summed E-state index contributed by atoms with van der Waals surface area (Å²) in [5.41, 5.74) is 0. The number of carbonyl (C=O) groups is 1. The molecule has 0 bridgehead atoms. The number of carbonyl (C=O) groups excluding carboxylic acids is 1. The van der Waals surface area contributed by atoms with Gasteiger partial charge in [-0.25, -0.2) is 0 Å². The fourth-order valence-corrected chi connectivity index (χ4v) is 1.90. The SMILES string of the molecule is CCSC(=O)N(CC(C)C)CC(C)C.[H-].[H-].[Mg+2]. The maximum Gasteiger partial charge on any atom is 2.00 e. The van der Waals surface area contributed by atoms with Gasteiger partial charge in [-0.3, -0.25) is 4.79 Å². The zero-order chi connectivity index (χ0) is 11.1. The average molecular weight is 244 g/mol. The van der Waals surface area contributed by atoms with Crippen LogP contribution in [0, 0.1) is 11.8 Å². The predicted molar refractivity (Wildman–Crippen MR) is 72.8 cm³/mol. The van der Waals surface area contributed by atoms with Crippen molar-refractivity contribution in [2.24, 2.45) is 11.8 Å². The van der Waals surface area contributed by atoms with E-state index < -0.39 is 0 Å². The maximum atomic E-state index is 11.7. The van der Waals surface area contributed by atoms with E-state index in [0.29, 0.717) is 11.8 Å². The van der Waals surface area contributed by atoms with Crippen molar-refractivity contribution in [1.82, 2.24) is 4.90 Å². The van der Waals surface area contributed by atoms with Crippen LogP contribution in [0.2, 0.25) is 0 Å². The van der Waals surface area contributed by atoms with E-state index in [0.717, 1.165) is 18.8 Å². The molecule has 0 fully saturated rings. The Kier molecular flexibility index (Phi) is 11.7. The number of nitrogens with zero attached hydrogens (tertiary/aromatic N) is 1. The van der Waals surface area contributed by atoms with Crippen LogP contribution in [0.5, 0.6) is 0 Å². The van der Waals surface area contributed by atoms with Crippen LogP contribution in [0.3, 0.4) is 0 Å². The molecule has 0 unspecified atom stereocenters. The van der Waals surface area contributed by atoms with Gasteiger partial charge in [-0.15, -0.1) is 0 Å². The third-order valence-corrected chi connectivity index (χ3v) is 2.49. The molecule has 0 heterocycles. The molecule has 4 heteroatoms. The van der Waals surface area contributed by atoms with Crippen LogP contribution >= 0.6 is 11.8 Å². The Labute approximate surface area is 118 Å². The number of amides is 1. The molecule has 2 nitrogen and oxygen atoms in total. The molecule has 0 aliphatic carbocycles. The van der Waals surface area contributed by atoms with Gasteiger partial charge < -0.3 is 7.75 Å². The van der Waals surface area contributed by atoms with Crippen LogP contribution in [0.15, 0.2) is 0 Å². The molecule has 0 aromatic heterocycles. The number of rotatable bonds is 5. The van der Waals surface area contributed by atoms with Crippen LogP contribution in [0.4, 0.5) is 4.79 Å². The Bertz CT molecular complexity index is 173.